The summed E-state index contributed by atoms with van der Waals surface area (Å²) < 4.78 is 7.21. The molecule has 0 atom stereocenters. The van der Waals surface area contributed by atoms with E-state index in [-0.39, 0.29) is 0 Å². The number of carbonyl (C=O) groups is 1. The van der Waals surface area contributed by atoms with E-state index in [1.807, 2.05) is 54.6 Å². The summed E-state index contributed by atoms with van der Waals surface area (Å²) in [5.74, 6) is 0.532. The second kappa shape index (κ2) is 7.84. The molecule has 8 heteroatoms. The van der Waals surface area contributed by atoms with Crippen LogP contribution in [-0.2, 0) is 5.54 Å². The van der Waals surface area contributed by atoms with Crippen LogP contribution in [0.5, 0.6) is 5.75 Å². The Bertz CT molecular complexity index is 1300. The molecule has 0 aliphatic heterocycles. The van der Waals surface area contributed by atoms with Gasteiger partial charge < -0.3 is 15.2 Å². The van der Waals surface area contributed by atoms with Crippen LogP contribution in [0.15, 0.2) is 60.7 Å². The first-order valence-electron chi connectivity index (χ1n) is 10.3. The average Bonchev–Trinajstić information content (AvgIpc) is 3.15. The van der Waals surface area contributed by atoms with Gasteiger partial charge >= 0.3 is 6.09 Å². The molecule has 162 valence electrons. The molecule has 1 amide bonds. The summed E-state index contributed by atoms with van der Waals surface area (Å²) in [6.45, 7) is 0. The molecule has 1 saturated carbocycles. The fourth-order valence-corrected chi connectivity index (χ4v) is 4.52. The maximum atomic E-state index is 11.3. The standard InChI is InChI=1S/C24H21ClN4O3/c1-32-18-14-19(25)28-29-21(16-6-3-2-4-7-16)20(26-22(18)29)15-8-10-17(11-9-15)24(12-5-13-24)27-23(30)31/h2-4,6-11,14,27H,5,12-13H2,1H3,(H,30,31). The molecule has 2 aromatic heterocycles. The van der Waals surface area contributed by atoms with Gasteiger partial charge in [0, 0.05) is 17.2 Å². The Balaban J connectivity index is 1.66. The Hall–Kier alpha value is -3.58. The quantitative estimate of drug-likeness (QED) is 0.428. The van der Waals surface area contributed by atoms with Gasteiger partial charge in [0.2, 0.25) is 0 Å². The molecule has 0 unspecified atom stereocenters. The molecule has 1 aliphatic rings. The Labute approximate surface area is 189 Å². The number of hydrogen-bond acceptors (Lipinski definition) is 4. The predicted octanol–water partition coefficient (Wildman–Crippen LogP) is 5.37. The first-order chi connectivity index (χ1) is 15.5. The Morgan fingerprint density at radius 3 is 2.44 bits per heavy atom. The topological polar surface area (TPSA) is 88.8 Å². The van der Waals surface area contributed by atoms with Crippen LogP contribution in [0.4, 0.5) is 4.79 Å². The normalized spacial score (nSPS) is 14.7. The van der Waals surface area contributed by atoms with Crippen molar-refractivity contribution in [3.8, 4) is 28.3 Å². The summed E-state index contributed by atoms with van der Waals surface area (Å²) in [5.41, 5.74) is 4.39. The van der Waals surface area contributed by atoms with Gasteiger partial charge in [-0.25, -0.2) is 14.3 Å². The molecule has 0 bridgehead atoms. The highest BCUT2D eigenvalue weighted by molar-refractivity contribution is 6.29. The summed E-state index contributed by atoms with van der Waals surface area (Å²) in [7, 11) is 1.57. The molecule has 2 heterocycles. The Kier molecular flexibility index (Phi) is 4.98. The van der Waals surface area contributed by atoms with E-state index in [0.717, 1.165) is 47.3 Å². The predicted molar refractivity (Wildman–Crippen MR) is 122 cm³/mol. The molecule has 2 N–H and O–H groups in total. The largest absolute Gasteiger partial charge is 0.493 e. The second-order valence-corrected chi connectivity index (χ2v) is 8.28. The molecule has 2 aromatic carbocycles. The van der Waals surface area contributed by atoms with Gasteiger partial charge in [0.1, 0.15) is 5.69 Å². The number of rotatable bonds is 5. The summed E-state index contributed by atoms with van der Waals surface area (Å²) in [6.07, 6.45) is 1.58. The maximum Gasteiger partial charge on any atom is 0.405 e. The zero-order valence-electron chi connectivity index (χ0n) is 17.4. The van der Waals surface area contributed by atoms with Crippen molar-refractivity contribution in [2.24, 2.45) is 0 Å². The number of nitrogens with one attached hydrogen (secondary N) is 1. The van der Waals surface area contributed by atoms with Crippen molar-refractivity contribution < 1.29 is 14.6 Å². The van der Waals surface area contributed by atoms with Gasteiger partial charge in [-0.15, -0.1) is 0 Å². The number of amides is 1. The van der Waals surface area contributed by atoms with Crippen molar-refractivity contribution >= 4 is 23.3 Å². The highest BCUT2D eigenvalue weighted by Gasteiger charge is 2.40. The van der Waals surface area contributed by atoms with Crippen molar-refractivity contribution in [2.75, 3.05) is 7.11 Å². The fourth-order valence-electron chi connectivity index (χ4n) is 4.34. The molecular formula is C24H21ClN4O3. The van der Waals surface area contributed by atoms with Gasteiger partial charge in [0.25, 0.3) is 0 Å². The number of fused-ring (bicyclic) bond motifs is 1. The van der Waals surface area contributed by atoms with Crippen LogP contribution in [0.2, 0.25) is 5.15 Å². The number of benzene rings is 2. The number of nitrogens with zero attached hydrogens (tertiary/aromatic N) is 3. The molecule has 1 fully saturated rings. The summed E-state index contributed by atoms with van der Waals surface area (Å²) >= 11 is 6.26. The van der Waals surface area contributed by atoms with Crippen molar-refractivity contribution in [3.63, 3.8) is 0 Å². The van der Waals surface area contributed by atoms with Crippen LogP contribution in [0.25, 0.3) is 28.2 Å². The van der Waals surface area contributed by atoms with Crippen LogP contribution in [0.3, 0.4) is 0 Å². The van der Waals surface area contributed by atoms with Crippen LogP contribution < -0.4 is 10.1 Å². The highest BCUT2D eigenvalue weighted by atomic mass is 35.5. The van der Waals surface area contributed by atoms with Crippen molar-refractivity contribution in [2.45, 2.75) is 24.8 Å². The molecular weight excluding hydrogens is 428 g/mol. The molecule has 32 heavy (non-hydrogen) atoms. The first-order valence-corrected chi connectivity index (χ1v) is 10.7. The number of methoxy groups -OCH3 is 1. The lowest BCUT2D eigenvalue weighted by atomic mass is 9.72. The van der Waals surface area contributed by atoms with E-state index in [2.05, 4.69) is 10.4 Å². The van der Waals surface area contributed by atoms with Gasteiger partial charge in [-0.3, -0.25) is 0 Å². The van der Waals surface area contributed by atoms with Gasteiger partial charge in [0.05, 0.1) is 18.3 Å². The number of halogens is 1. The van der Waals surface area contributed by atoms with Crippen molar-refractivity contribution in [1.29, 1.82) is 0 Å². The van der Waals surface area contributed by atoms with Crippen LogP contribution in [0.1, 0.15) is 24.8 Å². The van der Waals surface area contributed by atoms with E-state index < -0.39 is 11.6 Å². The van der Waals surface area contributed by atoms with E-state index in [4.69, 9.17) is 21.3 Å². The number of hydrogen-bond donors (Lipinski definition) is 2. The third-order valence-corrected chi connectivity index (χ3v) is 6.24. The molecule has 4 aromatic rings. The second-order valence-electron chi connectivity index (χ2n) is 7.89. The number of carboxylic acid groups (broad SMARTS) is 1. The third kappa shape index (κ3) is 3.35. The van der Waals surface area contributed by atoms with Crippen molar-refractivity contribution in [1.82, 2.24) is 19.9 Å². The van der Waals surface area contributed by atoms with Crippen molar-refractivity contribution in [3.05, 3.63) is 71.4 Å². The summed E-state index contributed by atoms with van der Waals surface area (Å²) in [5, 5.41) is 16.8. The van der Waals surface area contributed by atoms with Gasteiger partial charge in [-0.2, -0.15) is 5.10 Å². The van der Waals surface area contributed by atoms with Gasteiger partial charge in [-0.1, -0.05) is 66.2 Å². The molecule has 0 saturated heterocycles. The van der Waals surface area contributed by atoms with Gasteiger partial charge in [0.15, 0.2) is 16.5 Å². The SMILES string of the molecule is COc1cc(Cl)nn2c(-c3ccccc3)c(-c3ccc(C4(NC(=O)O)CCC4)cc3)nc12. The maximum absolute atomic E-state index is 11.3. The fraction of sp³-hybridized carbons (Fsp3) is 0.208. The Morgan fingerprint density at radius 1 is 1.12 bits per heavy atom. The molecule has 5 rings (SSSR count). The van der Waals surface area contributed by atoms with E-state index in [9.17, 15) is 9.90 Å². The summed E-state index contributed by atoms with van der Waals surface area (Å²) in [6, 6.07) is 19.4. The lowest BCUT2D eigenvalue weighted by Crippen LogP contribution is -2.50. The minimum absolute atomic E-state index is 0.303. The first kappa shape index (κ1) is 20.3. The highest BCUT2D eigenvalue weighted by Crippen LogP contribution is 2.42. The molecule has 7 nitrogen and oxygen atoms in total. The minimum atomic E-state index is -1.00. The number of imidazole rings is 1. The Morgan fingerprint density at radius 2 is 1.84 bits per heavy atom. The van der Waals surface area contributed by atoms with Crippen LogP contribution in [0, 0.1) is 0 Å². The van der Waals surface area contributed by atoms with Gasteiger partial charge in [-0.05, 0) is 24.8 Å². The number of ether oxygens (including phenoxy) is 1. The molecule has 0 radical (unpaired) electrons. The lowest BCUT2D eigenvalue weighted by molar-refractivity contribution is 0.144. The van der Waals surface area contributed by atoms with E-state index in [1.54, 1.807) is 17.7 Å². The van der Waals surface area contributed by atoms with E-state index in [1.165, 1.54) is 0 Å². The van der Waals surface area contributed by atoms with E-state index >= 15 is 0 Å². The zero-order valence-corrected chi connectivity index (χ0v) is 18.1. The number of aromatic nitrogens is 3. The summed E-state index contributed by atoms with van der Waals surface area (Å²) in [4.78, 5) is 16.2. The minimum Gasteiger partial charge on any atom is -0.493 e. The monoisotopic (exact) mass is 448 g/mol. The van der Waals surface area contributed by atoms with Crippen LogP contribution >= 0.6 is 11.6 Å². The smallest absolute Gasteiger partial charge is 0.405 e. The zero-order chi connectivity index (χ0) is 22.3. The average molecular weight is 449 g/mol. The third-order valence-electron chi connectivity index (χ3n) is 6.05. The van der Waals surface area contributed by atoms with E-state index in [0.29, 0.717) is 16.5 Å². The molecule has 1 aliphatic carbocycles. The lowest BCUT2D eigenvalue weighted by Gasteiger charge is -2.42. The molecule has 0 spiro atoms. The van der Waals surface area contributed by atoms with Crippen LogP contribution in [-0.4, -0.2) is 32.9 Å².